The van der Waals surface area contributed by atoms with Crippen LogP contribution < -0.4 is 16.0 Å². The molecule has 4 aliphatic carbocycles. The molecule has 0 aromatic heterocycles. The quantitative estimate of drug-likeness (QED) is 0.491. The van der Waals surface area contributed by atoms with Crippen molar-refractivity contribution in [3.63, 3.8) is 0 Å². The number of ether oxygens (including phenoxy) is 1. The summed E-state index contributed by atoms with van der Waals surface area (Å²) in [4.78, 5) is 48.4. The first kappa shape index (κ1) is 21.6. The lowest BCUT2D eigenvalue weighted by molar-refractivity contribution is -0.155. The van der Waals surface area contributed by atoms with Crippen molar-refractivity contribution >= 4 is 23.7 Å². The molecule has 4 bridgehead atoms. The van der Waals surface area contributed by atoms with Gasteiger partial charge in [-0.2, -0.15) is 0 Å². The SMILES string of the molecule is CCCNC(=O)CNC(=O)COC(=O)[C@H](C)NC(=O)C12CC3CC(CC(C3)C1)C2. The van der Waals surface area contributed by atoms with Crippen molar-refractivity contribution in [2.75, 3.05) is 19.7 Å². The van der Waals surface area contributed by atoms with Crippen LogP contribution >= 0.6 is 0 Å². The zero-order chi connectivity index (χ0) is 21.0. The molecule has 0 unspecified atom stereocenters. The molecule has 4 saturated carbocycles. The van der Waals surface area contributed by atoms with Crippen molar-refractivity contribution < 1.29 is 23.9 Å². The summed E-state index contributed by atoms with van der Waals surface area (Å²) in [6.45, 7) is 3.43. The van der Waals surface area contributed by atoms with Gasteiger partial charge in [-0.15, -0.1) is 0 Å². The van der Waals surface area contributed by atoms with Crippen LogP contribution in [-0.2, 0) is 23.9 Å². The molecular formula is C21H33N3O5. The molecule has 162 valence electrons. The summed E-state index contributed by atoms with van der Waals surface area (Å²) >= 11 is 0. The van der Waals surface area contributed by atoms with Gasteiger partial charge in [0.25, 0.3) is 5.91 Å². The summed E-state index contributed by atoms with van der Waals surface area (Å²) in [7, 11) is 0. The maximum Gasteiger partial charge on any atom is 0.328 e. The topological polar surface area (TPSA) is 114 Å². The van der Waals surface area contributed by atoms with E-state index in [9.17, 15) is 19.2 Å². The Kier molecular flexibility index (Phi) is 6.80. The molecule has 1 atom stereocenters. The summed E-state index contributed by atoms with van der Waals surface area (Å²) in [5.74, 6) is 0.409. The van der Waals surface area contributed by atoms with E-state index >= 15 is 0 Å². The Hall–Kier alpha value is -2.12. The first-order valence-corrected chi connectivity index (χ1v) is 10.8. The van der Waals surface area contributed by atoms with Gasteiger partial charge in [-0.3, -0.25) is 14.4 Å². The second-order valence-electron chi connectivity index (χ2n) is 9.13. The van der Waals surface area contributed by atoms with Crippen LogP contribution in [0.15, 0.2) is 0 Å². The highest BCUT2D eigenvalue weighted by Gasteiger charge is 2.54. The maximum absolute atomic E-state index is 13.0. The zero-order valence-corrected chi connectivity index (χ0v) is 17.4. The molecule has 4 rings (SSSR count). The number of hydrogen-bond acceptors (Lipinski definition) is 5. The van der Waals surface area contributed by atoms with Crippen LogP contribution in [0.2, 0.25) is 0 Å². The Bertz CT molecular complexity index is 627. The fraction of sp³-hybridized carbons (Fsp3) is 0.810. The number of amides is 3. The predicted octanol–water partition coefficient (Wildman–Crippen LogP) is 0.893. The van der Waals surface area contributed by atoms with Gasteiger partial charge in [0.1, 0.15) is 6.04 Å². The summed E-state index contributed by atoms with van der Waals surface area (Å²) in [5, 5.41) is 7.86. The Balaban J connectivity index is 1.40. The van der Waals surface area contributed by atoms with Gasteiger partial charge >= 0.3 is 5.97 Å². The monoisotopic (exact) mass is 407 g/mol. The first-order chi connectivity index (χ1) is 13.8. The summed E-state index contributed by atoms with van der Waals surface area (Å²) in [6.07, 6.45) is 7.32. The Morgan fingerprint density at radius 2 is 1.55 bits per heavy atom. The molecule has 0 aromatic carbocycles. The van der Waals surface area contributed by atoms with E-state index in [1.165, 1.54) is 19.3 Å². The third kappa shape index (κ3) is 5.28. The number of nitrogens with one attached hydrogen (secondary N) is 3. The average Bonchev–Trinajstić information content (AvgIpc) is 2.67. The van der Waals surface area contributed by atoms with Gasteiger partial charge < -0.3 is 20.7 Å². The van der Waals surface area contributed by atoms with Gasteiger partial charge in [0.2, 0.25) is 11.8 Å². The van der Waals surface area contributed by atoms with Gasteiger partial charge in [-0.25, -0.2) is 4.79 Å². The standard InChI is InChI=1S/C21H33N3O5/c1-3-4-22-17(25)11-23-18(26)12-29-19(27)13(2)24-20(28)21-8-14-5-15(9-21)7-16(6-14)10-21/h13-16H,3-12H2,1-2H3,(H,22,25)(H,23,26)(H,24,28)/t13-,14?,15?,16?,21?/m0/s1. The number of carbonyl (C=O) groups excluding carboxylic acids is 4. The molecule has 0 aromatic rings. The van der Waals surface area contributed by atoms with E-state index in [0.29, 0.717) is 24.3 Å². The van der Waals surface area contributed by atoms with Crippen LogP contribution in [0.4, 0.5) is 0 Å². The summed E-state index contributed by atoms with van der Waals surface area (Å²) < 4.78 is 5.00. The fourth-order valence-electron chi connectivity index (χ4n) is 5.62. The van der Waals surface area contributed by atoms with Gasteiger partial charge in [0, 0.05) is 12.0 Å². The van der Waals surface area contributed by atoms with Gasteiger partial charge in [-0.1, -0.05) is 6.92 Å². The van der Waals surface area contributed by atoms with Gasteiger partial charge in [0.15, 0.2) is 6.61 Å². The van der Waals surface area contributed by atoms with Crippen LogP contribution in [0.5, 0.6) is 0 Å². The Labute approximate surface area is 171 Å². The van der Waals surface area contributed by atoms with E-state index in [0.717, 1.165) is 25.7 Å². The van der Waals surface area contributed by atoms with Crippen LogP contribution in [-0.4, -0.2) is 49.4 Å². The molecule has 8 heteroatoms. The lowest BCUT2D eigenvalue weighted by Crippen LogP contribution is -2.56. The molecule has 0 aliphatic heterocycles. The fourth-order valence-corrected chi connectivity index (χ4v) is 5.62. The maximum atomic E-state index is 13.0. The molecule has 0 spiro atoms. The number of carbonyl (C=O) groups is 4. The highest BCUT2D eigenvalue weighted by atomic mass is 16.5. The second kappa shape index (κ2) is 9.13. The van der Waals surface area contributed by atoms with Crippen molar-refractivity contribution in [3.8, 4) is 0 Å². The van der Waals surface area contributed by atoms with Crippen LogP contribution in [0.3, 0.4) is 0 Å². The van der Waals surface area contributed by atoms with Crippen molar-refractivity contribution in [2.45, 2.75) is 64.8 Å². The van der Waals surface area contributed by atoms with Gasteiger partial charge in [-0.05, 0) is 69.6 Å². The molecule has 0 radical (unpaired) electrons. The highest BCUT2D eigenvalue weighted by Crippen LogP contribution is 2.60. The van der Waals surface area contributed by atoms with E-state index in [2.05, 4.69) is 16.0 Å². The molecule has 29 heavy (non-hydrogen) atoms. The van der Waals surface area contributed by atoms with E-state index in [-0.39, 0.29) is 23.8 Å². The lowest BCUT2D eigenvalue weighted by Gasteiger charge is -2.55. The molecule has 4 aliphatic rings. The van der Waals surface area contributed by atoms with E-state index < -0.39 is 24.5 Å². The molecular weight excluding hydrogens is 374 g/mol. The smallest absolute Gasteiger partial charge is 0.328 e. The minimum atomic E-state index is -0.809. The minimum Gasteiger partial charge on any atom is -0.454 e. The van der Waals surface area contributed by atoms with Crippen molar-refractivity contribution in [2.24, 2.45) is 23.2 Å². The second-order valence-corrected chi connectivity index (χ2v) is 9.13. The third-order valence-corrected chi connectivity index (χ3v) is 6.58. The van der Waals surface area contributed by atoms with Crippen molar-refractivity contribution in [1.82, 2.24) is 16.0 Å². The van der Waals surface area contributed by atoms with Crippen molar-refractivity contribution in [1.29, 1.82) is 0 Å². The molecule has 0 saturated heterocycles. The summed E-state index contributed by atoms with van der Waals surface area (Å²) in [6, 6.07) is -0.809. The number of hydrogen-bond donors (Lipinski definition) is 3. The third-order valence-electron chi connectivity index (χ3n) is 6.58. The first-order valence-electron chi connectivity index (χ1n) is 10.8. The zero-order valence-electron chi connectivity index (χ0n) is 17.4. The Morgan fingerprint density at radius 3 is 2.10 bits per heavy atom. The molecule has 8 nitrogen and oxygen atoms in total. The predicted molar refractivity (Wildman–Crippen MR) is 105 cm³/mol. The molecule has 3 N–H and O–H groups in total. The normalized spacial score (nSPS) is 30.3. The molecule has 0 heterocycles. The van der Waals surface area contributed by atoms with Crippen LogP contribution in [0.25, 0.3) is 0 Å². The van der Waals surface area contributed by atoms with Crippen LogP contribution in [0.1, 0.15) is 58.8 Å². The van der Waals surface area contributed by atoms with Crippen LogP contribution in [0, 0.1) is 23.2 Å². The van der Waals surface area contributed by atoms with Gasteiger partial charge in [0.05, 0.1) is 6.54 Å². The van der Waals surface area contributed by atoms with E-state index in [1.54, 1.807) is 6.92 Å². The summed E-state index contributed by atoms with van der Waals surface area (Å²) in [5.41, 5.74) is -0.327. The van der Waals surface area contributed by atoms with Crippen molar-refractivity contribution in [3.05, 3.63) is 0 Å². The van der Waals surface area contributed by atoms with E-state index in [1.807, 2.05) is 6.92 Å². The minimum absolute atomic E-state index is 0.0434. The van der Waals surface area contributed by atoms with E-state index in [4.69, 9.17) is 4.74 Å². The average molecular weight is 408 g/mol. The molecule has 3 amide bonds. The number of esters is 1. The number of rotatable bonds is 9. The largest absolute Gasteiger partial charge is 0.454 e. The highest BCUT2D eigenvalue weighted by molar-refractivity contribution is 5.90. The lowest BCUT2D eigenvalue weighted by atomic mass is 9.49. The molecule has 4 fully saturated rings. The Morgan fingerprint density at radius 1 is 0.966 bits per heavy atom.